The summed E-state index contributed by atoms with van der Waals surface area (Å²) >= 11 is 0. The highest BCUT2D eigenvalue weighted by atomic mass is 16.6. The van der Waals surface area contributed by atoms with Crippen LogP contribution >= 0.6 is 0 Å². The number of hydrogen-bond acceptors (Lipinski definition) is 3. The Bertz CT molecular complexity index is 81.1. The Balaban J connectivity index is 1.91. The second-order valence-electron chi connectivity index (χ2n) is 2.60. The van der Waals surface area contributed by atoms with Crippen LogP contribution in [0, 0.1) is 5.92 Å². The standard InChI is InChI=1S/C6H14N2O/c1-7-9-5-6-3-8(2)4-6/h6-7H,3-5H2,1-2H3. The maximum Gasteiger partial charge on any atom is 0.0734 e. The van der Waals surface area contributed by atoms with Crippen LogP contribution in [0.3, 0.4) is 0 Å². The molecule has 0 aromatic carbocycles. The number of hydrogen-bond donors (Lipinski definition) is 1. The fourth-order valence-corrected chi connectivity index (χ4v) is 1.13. The van der Waals surface area contributed by atoms with Crippen LogP contribution in [0.1, 0.15) is 0 Å². The Morgan fingerprint density at radius 2 is 2.33 bits per heavy atom. The molecule has 0 spiro atoms. The van der Waals surface area contributed by atoms with E-state index in [9.17, 15) is 0 Å². The van der Waals surface area contributed by atoms with Gasteiger partial charge in [0.15, 0.2) is 0 Å². The maximum absolute atomic E-state index is 5.01. The second-order valence-corrected chi connectivity index (χ2v) is 2.60. The summed E-state index contributed by atoms with van der Waals surface area (Å²) in [6, 6.07) is 0. The molecule has 0 radical (unpaired) electrons. The normalized spacial score (nSPS) is 22.0. The number of nitrogens with one attached hydrogen (secondary N) is 1. The SMILES string of the molecule is CNOCC1CN(C)C1. The van der Waals surface area contributed by atoms with E-state index in [1.54, 1.807) is 7.05 Å². The molecule has 0 amide bonds. The first-order valence-electron chi connectivity index (χ1n) is 3.30. The summed E-state index contributed by atoms with van der Waals surface area (Å²) in [4.78, 5) is 7.29. The van der Waals surface area contributed by atoms with E-state index >= 15 is 0 Å². The summed E-state index contributed by atoms with van der Waals surface area (Å²) in [5.41, 5.74) is 2.66. The van der Waals surface area contributed by atoms with Gasteiger partial charge in [0.05, 0.1) is 6.61 Å². The number of likely N-dealkylation sites (tertiary alicyclic amines) is 1. The van der Waals surface area contributed by atoms with Gasteiger partial charge in [-0.3, -0.25) is 0 Å². The lowest BCUT2D eigenvalue weighted by Crippen LogP contribution is -2.46. The van der Waals surface area contributed by atoms with E-state index in [0.29, 0.717) is 0 Å². The molecule has 1 fully saturated rings. The van der Waals surface area contributed by atoms with Crippen molar-refractivity contribution in [2.45, 2.75) is 0 Å². The highest BCUT2D eigenvalue weighted by Gasteiger charge is 2.22. The molecule has 1 aliphatic heterocycles. The smallest absolute Gasteiger partial charge is 0.0734 e. The molecule has 0 aromatic rings. The van der Waals surface area contributed by atoms with Gasteiger partial charge in [0.1, 0.15) is 0 Å². The summed E-state index contributed by atoms with van der Waals surface area (Å²) in [6.07, 6.45) is 0. The zero-order valence-electron chi connectivity index (χ0n) is 6.05. The minimum Gasteiger partial charge on any atom is -0.306 e. The van der Waals surface area contributed by atoms with E-state index in [2.05, 4.69) is 17.4 Å². The third-order valence-corrected chi connectivity index (χ3v) is 1.60. The average Bonchev–Trinajstić information content (AvgIpc) is 1.78. The molecule has 3 heteroatoms. The summed E-state index contributed by atoms with van der Waals surface area (Å²) in [5.74, 6) is 0.752. The Labute approximate surface area is 55.9 Å². The van der Waals surface area contributed by atoms with Crippen LogP contribution in [-0.2, 0) is 4.84 Å². The molecule has 0 saturated carbocycles. The second kappa shape index (κ2) is 3.15. The predicted octanol–water partition coefficient (Wildman–Crippen LogP) is -0.301. The Morgan fingerprint density at radius 1 is 1.67 bits per heavy atom. The van der Waals surface area contributed by atoms with Crippen LogP contribution < -0.4 is 5.48 Å². The van der Waals surface area contributed by atoms with Crippen LogP contribution in [0.4, 0.5) is 0 Å². The van der Waals surface area contributed by atoms with Crippen LogP contribution in [0.2, 0.25) is 0 Å². The van der Waals surface area contributed by atoms with Crippen molar-refractivity contribution < 1.29 is 4.84 Å². The molecule has 9 heavy (non-hydrogen) atoms. The summed E-state index contributed by atoms with van der Waals surface area (Å²) in [7, 11) is 3.91. The molecular formula is C6H14N2O. The van der Waals surface area contributed by atoms with Gasteiger partial charge < -0.3 is 9.74 Å². The van der Waals surface area contributed by atoms with Crippen molar-refractivity contribution in [1.29, 1.82) is 0 Å². The number of hydroxylamine groups is 1. The summed E-state index contributed by atoms with van der Waals surface area (Å²) in [6.45, 7) is 3.21. The Morgan fingerprint density at radius 3 is 2.78 bits per heavy atom. The zero-order valence-corrected chi connectivity index (χ0v) is 6.05. The van der Waals surface area contributed by atoms with Crippen LogP contribution in [0.15, 0.2) is 0 Å². The molecule has 1 heterocycles. The van der Waals surface area contributed by atoms with E-state index in [1.165, 1.54) is 13.1 Å². The van der Waals surface area contributed by atoms with Gasteiger partial charge in [-0.1, -0.05) is 0 Å². The van der Waals surface area contributed by atoms with E-state index < -0.39 is 0 Å². The van der Waals surface area contributed by atoms with Crippen molar-refractivity contribution in [3.05, 3.63) is 0 Å². The topological polar surface area (TPSA) is 24.5 Å². The highest BCUT2D eigenvalue weighted by Crippen LogP contribution is 2.11. The lowest BCUT2D eigenvalue weighted by Gasteiger charge is -2.35. The van der Waals surface area contributed by atoms with Crippen LogP contribution in [0.5, 0.6) is 0 Å². The monoisotopic (exact) mass is 130 g/mol. The van der Waals surface area contributed by atoms with E-state index in [0.717, 1.165) is 12.5 Å². The highest BCUT2D eigenvalue weighted by molar-refractivity contribution is 4.75. The van der Waals surface area contributed by atoms with Crippen molar-refractivity contribution >= 4 is 0 Å². The van der Waals surface area contributed by atoms with Gasteiger partial charge in [-0.25, -0.2) is 5.48 Å². The first-order chi connectivity index (χ1) is 4.33. The van der Waals surface area contributed by atoms with Crippen molar-refractivity contribution in [3.63, 3.8) is 0 Å². The molecule has 0 aliphatic carbocycles. The Hall–Kier alpha value is -0.120. The van der Waals surface area contributed by atoms with Crippen LogP contribution in [-0.4, -0.2) is 38.7 Å². The first-order valence-corrected chi connectivity index (χ1v) is 3.30. The first kappa shape index (κ1) is 6.99. The largest absolute Gasteiger partial charge is 0.306 e. The fraction of sp³-hybridized carbons (Fsp3) is 1.00. The van der Waals surface area contributed by atoms with Gasteiger partial charge in [0, 0.05) is 26.1 Å². The van der Waals surface area contributed by atoms with E-state index in [4.69, 9.17) is 4.84 Å². The minimum atomic E-state index is 0.752. The molecule has 1 saturated heterocycles. The van der Waals surface area contributed by atoms with E-state index in [-0.39, 0.29) is 0 Å². The van der Waals surface area contributed by atoms with E-state index in [1.807, 2.05) is 0 Å². The number of nitrogens with zero attached hydrogens (tertiary/aromatic N) is 1. The fourth-order valence-electron chi connectivity index (χ4n) is 1.13. The molecule has 0 aromatic heterocycles. The third-order valence-electron chi connectivity index (χ3n) is 1.60. The zero-order chi connectivity index (χ0) is 6.69. The summed E-state index contributed by atoms with van der Waals surface area (Å²) in [5, 5.41) is 0. The molecular weight excluding hydrogens is 116 g/mol. The van der Waals surface area contributed by atoms with Gasteiger partial charge in [-0.05, 0) is 7.05 Å². The van der Waals surface area contributed by atoms with Crippen molar-refractivity contribution in [2.24, 2.45) is 5.92 Å². The Kier molecular flexibility index (Phi) is 2.45. The molecule has 1 rings (SSSR count). The van der Waals surface area contributed by atoms with Crippen LogP contribution in [0.25, 0.3) is 0 Å². The predicted molar refractivity (Wildman–Crippen MR) is 36.0 cm³/mol. The molecule has 1 aliphatic rings. The average molecular weight is 130 g/mol. The molecule has 0 unspecified atom stereocenters. The van der Waals surface area contributed by atoms with Crippen molar-refractivity contribution in [3.8, 4) is 0 Å². The quantitative estimate of drug-likeness (QED) is 0.531. The lowest BCUT2D eigenvalue weighted by atomic mass is 10.0. The van der Waals surface area contributed by atoms with Gasteiger partial charge in [0.2, 0.25) is 0 Å². The number of rotatable bonds is 3. The molecule has 1 N–H and O–H groups in total. The van der Waals surface area contributed by atoms with Gasteiger partial charge in [-0.2, -0.15) is 0 Å². The molecule has 3 nitrogen and oxygen atoms in total. The molecule has 54 valence electrons. The summed E-state index contributed by atoms with van der Waals surface area (Å²) < 4.78 is 0. The minimum absolute atomic E-state index is 0.752. The van der Waals surface area contributed by atoms with Gasteiger partial charge in [-0.15, -0.1) is 0 Å². The van der Waals surface area contributed by atoms with Gasteiger partial charge in [0.25, 0.3) is 0 Å². The molecule has 0 bridgehead atoms. The maximum atomic E-state index is 5.01. The van der Waals surface area contributed by atoms with Crippen molar-refractivity contribution in [1.82, 2.24) is 10.4 Å². The third kappa shape index (κ3) is 1.93. The van der Waals surface area contributed by atoms with Crippen molar-refractivity contribution in [2.75, 3.05) is 33.8 Å². The lowest BCUT2D eigenvalue weighted by molar-refractivity contribution is -0.0136. The molecule has 0 atom stereocenters. The van der Waals surface area contributed by atoms with Gasteiger partial charge >= 0.3 is 0 Å².